The first kappa shape index (κ1) is 20.9. The molecule has 0 bridgehead atoms. The minimum Gasteiger partial charge on any atom is -0.691 e. The van der Waals surface area contributed by atoms with Gasteiger partial charge < -0.3 is 19.7 Å². The van der Waals surface area contributed by atoms with E-state index in [1.807, 2.05) is 12.1 Å². The first-order chi connectivity index (χ1) is 12.0. The second kappa shape index (κ2) is 8.27. The Kier molecular flexibility index (Phi) is 6.64. The SMILES string of the molecule is CC12CCC3c4ccc(OSOO[O-])cc4CCC3C1C[C@H](O)[C@H]2O.[Na+]. The molecule has 0 aromatic heterocycles. The van der Waals surface area contributed by atoms with Gasteiger partial charge in [-0.15, -0.1) is 4.33 Å². The van der Waals surface area contributed by atoms with Gasteiger partial charge in [-0.05, 0) is 78.5 Å². The minimum absolute atomic E-state index is 0. The number of hydrogen-bond donors (Lipinski definition) is 2. The van der Waals surface area contributed by atoms with Crippen molar-refractivity contribution in [1.82, 2.24) is 0 Å². The molecule has 6 nitrogen and oxygen atoms in total. The molecule has 1 aromatic carbocycles. The van der Waals surface area contributed by atoms with Gasteiger partial charge in [0.1, 0.15) is 5.75 Å². The Morgan fingerprint density at radius 1 is 1.27 bits per heavy atom. The predicted molar refractivity (Wildman–Crippen MR) is 88.8 cm³/mol. The summed E-state index contributed by atoms with van der Waals surface area (Å²) in [6, 6.07) is 5.98. The zero-order valence-corrected chi connectivity index (χ0v) is 17.9. The van der Waals surface area contributed by atoms with Crippen LogP contribution in [0.1, 0.15) is 49.7 Å². The summed E-state index contributed by atoms with van der Waals surface area (Å²) in [5.41, 5.74) is 2.46. The topological polar surface area (TPSA) is 91.2 Å². The summed E-state index contributed by atoms with van der Waals surface area (Å²) in [6.45, 7) is 2.15. The summed E-state index contributed by atoms with van der Waals surface area (Å²) in [7, 11) is 0. The van der Waals surface area contributed by atoms with Gasteiger partial charge in [-0.3, -0.25) is 5.04 Å². The Labute approximate surface area is 179 Å². The van der Waals surface area contributed by atoms with E-state index in [9.17, 15) is 15.5 Å². The summed E-state index contributed by atoms with van der Waals surface area (Å²) in [5, 5.41) is 33.7. The van der Waals surface area contributed by atoms with E-state index in [0.717, 1.165) is 25.7 Å². The van der Waals surface area contributed by atoms with E-state index in [0.29, 0.717) is 42.2 Å². The average molecular weight is 390 g/mol. The first-order valence-electron chi connectivity index (χ1n) is 8.83. The van der Waals surface area contributed by atoms with Crippen molar-refractivity contribution in [1.29, 1.82) is 0 Å². The molecule has 2 N–H and O–H groups in total. The third kappa shape index (κ3) is 3.47. The normalized spacial score (nSPS) is 37.9. The maximum atomic E-state index is 10.5. The van der Waals surface area contributed by atoms with Crippen LogP contribution in [-0.2, 0) is 15.8 Å². The van der Waals surface area contributed by atoms with Crippen molar-refractivity contribution in [2.75, 3.05) is 0 Å². The number of benzene rings is 1. The molecule has 0 aliphatic heterocycles. The van der Waals surface area contributed by atoms with Gasteiger partial charge in [0.15, 0.2) is 0 Å². The molecule has 3 aliphatic rings. The molecule has 6 atom stereocenters. The van der Waals surface area contributed by atoms with Crippen molar-refractivity contribution in [3.05, 3.63) is 29.3 Å². The van der Waals surface area contributed by atoms with Gasteiger partial charge in [-0.2, -0.15) is 0 Å². The third-order valence-electron chi connectivity index (χ3n) is 6.86. The number of hydrogen-bond acceptors (Lipinski definition) is 7. The molecular weight excluding hydrogens is 367 g/mol. The van der Waals surface area contributed by atoms with Gasteiger partial charge in [0.25, 0.3) is 12.3 Å². The second-order valence-electron chi connectivity index (χ2n) is 7.86. The molecule has 4 unspecified atom stereocenters. The maximum absolute atomic E-state index is 10.5. The molecule has 2 saturated carbocycles. The zero-order valence-electron chi connectivity index (χ0n) is 15.1. The maximum Gasteiger partial charge on any atom is 1.00 e. The van der Waals surface area contributed by atoms with Crippen molar-refractivity contribution >= 4 is 12.3 Å². The van der Waals surface area contributed by atoms with Crippen LogP contribution in [-0.4, -0.2) is 22.4 Å². The fraction of sp³-hybridized carbons (Fsp3) is 0.667. The van der Waals surface area contributed by atoms with E-state index in [-0.39, 0.29) is 35.0 Å². The Bertz CT molecular complexity index is 646. The van der Waals surface area contributed by atoms with Crippen LogP contribution in [0.3, 0.4) is 0 Å². The molecule has 1 aromatic rings. The van der Waals surface area contributed by atoms with Gasteiger partial charge in [0, 0.05) is 0 Å². The van der Waals surface area contributed by atoms with Gasteiger partial charge in [0.05, 0.1) is 12.2 Å². The predicted octanol–water partition coefficient (Wildman–Crippen LogP) is -0.956. The van der Waals surface area contributed by atoms with Crippen molar-refractivity contribution < 1.29 is 58.6 Å². The molecule has 0 saturated heterocycles. The Morgan fingerprint density at radius 2 is 2.08 bits per heavy atom. The fourth-order valence-electron chi connectivity index (χ4n) is 5.66. The van der Waals surface area contributed by atoms with Gasteiger partial charge >= 0.3 is 29.6 Å². The average Bonchev–Trinajstić information content (AvgIpc) is 2.85. The van der Waals surface area contributed by atoms with Crippen molar-refractivity contribution in [3.8, 4) is 5.75 Å². The molecule has 4 rings (SSSR count). The van der Waals surface area contributed by atoms with Crippen molar-refractivity contribution in [3.63, 3.8) is 0 Å². The van der Waals surface area contributed by atoms with Crippen LogP contribution in [0.4, 0.5) is 0 Å². The van der Waals surface area contributed by atoms with Crippen LogP contribution >= 0.6 is 12.3 Å². The largest absolute Gasteiger partial charge is 1.00 e. The van der Waals surface area contributed by atoms with Crippen LogP contribution in [0.15, 0.2) is 18.2 Å². The van der Waals surface area contributed by atoms with Gasteiger partial charge in [-0.25, -0.2) is 0 Å². The summed E-state index contributed by atoms with van der Waals surface area (Å²) in [4.78, 5) is 0. The molecule has 26 heavy (non-hydrogen) atoms. The monoisotopic (exact) mass is 390 g/mol. The number of fused-ring (bicyclic) bond motifs is 5. The Morgan fingerprint density at radius 3 is 2.85 bits per heavy atom. The number of aryl methyl sites for hydroxylation is 1. The Hall–Kier alpha value is 0.170. The molecule has 2 fully saturated rings. The van der Waals surface area contributed by atoms with E-state index >= 15 is 0 Å². The third-order valence-corrected chi connectivity index (χ3v) is 7.23. The van der Waals surface area contributed by atoms with E-state index in [2.05, 4.69) is 22.4 Å². The van der Waals surface area contributed by atoms with Crippen molar-refractivity contribution in [2.24, 2.45) is 17.3 Å². The molecular formula is C18H23NaO6S. The molecule has 0 spiro atoms. The molecule has 0 amide bonds. The van der Waals surface area contributed by atoms with Gasteiger partial charge in [0.2, 0.25) is 0 Å². The number of rotatable bonds is 4. The van der Waals surface area contributed by atoms with Crippen LogP contribution in [0, 0.1) is 17.3 Å². The van der Waals surface area contributed by atoms with Crippen molar-refractivity contribution in [2.45, 2.75) is 57.2 Å². The second-order valence-corrected chi connectivity index (χ2v) is 8.29. The molecule has 0 heterocycles. The number of aliphatic hydroxyl groups excluding tert-OH is 2. The van der Waals surface area contributed by atoms with E-state index in [4.69, 9.17) is 4.18 Å². The van der Waals surface area contributed by atoms with Crippen LogP contribution < -0.4 is 39.0 Å². The zero-order chi connectivity index (χ0) is 17.6. The van der Waals surface area contributed by atoms with Crippen LogP contribution in [0.25, 0.3) is 0 Å². The molecule has 3 aliphatic carbocycles. The molecule has 138 valence electrons. The standard InChI is InChI=1S/C18H24O6S.Na/c1-18-7-6-13-12-5-3-11(22-25-24-23-21)8-10(12)2-4-14(13)15(18)9-16(19)17(18)20;/h3,5,8,13-17,19-21H,2,4,6-7,9H2,1H3;/q;+1/p-1/t13?,14?,15?,16-,17+,18?;/m0./s1. The smallest absolute Gasteiger partial charge is 0.691 e. The van der Waals surface area contributed by atoms with Crippen LogP contribution in [0.2, 0.25) is 0 Å². The van der Waals surface area contributed by atoms with E-state index in [1.165, 1.54) is 11.1 Å². The van der Waals surface area contributed by atoms with Crippen LogP contribution in [0.5, 0.6) is 5.75 Å². The minimum atomic E-state index is -0.601. The fourth-order valence-corrected chi connectivity index (χ4v) is 5.90. The summed E-state index contributed by atoms with van der Waals surface area (Å²) >= 11 is 0.502. The summed E-state index contributed by atoms with van der Waals surface area (Å²) in [6.07, 6.45) is 3.51. The summed E-state index contributed by atoms with van der Waals surface area (Å²) in [5.74, 6) is 1.99. The van der Waals surface area contributed by atoms with E-state index in [1.54, 1.807) is 0 Å². The van der Waals surface area contributed by atoms with Gasteiger partial charge in [-0.1, -0.05) is 13.0 Å². The van der Waals surface area contributed by atoms with E-state index < -0.39 is 12.2 Å². The quantitative estimate of drug-likeness (QED) is 0.225. The molecule has 8 heteroatoms. The first-order valence-corrected chi connectivity index (χ1v) is 9.50. The number of aliphatic hydroxyl groups is 2. The molecule has 0 radical (unpaired) electrons. The Balaban J connectivity index is 0.00000196. The summed E-state index contributed by atoms with van der Waals surface area (Å²) < 4.78 is 9.40.